The number of nitrogens with zero attached hydrogens (tertiary/aromatic N) is 4. The number of Topliss-reactive ketones (excluding diaryl/α,β-unsaturated/α-hetero) is 1. The maximum absolute atomic E-state index is 13.1. The van der Waals surface area contributed by atoms with Crippen molar-refractivity contribution in [2.24, 2.45) is 0 Å². The van der Waals surface area contributed by atoms with Crippen LogP contribution in [0.4, 0.5) is 4.79 Å². The summed E-state index contributed by atoms with van der Waals surface area (Å²) in [7, 11) is 3.16. The van der Waals surface area contributed by atoms with Gasteiger partial charge >= 0.3 is 6.09 Å². The molecule has 2 aliphatic rings. The van der Waals surface area contributed by atoms with E-state index in [4.69, 9.17) is 9.47 Å². The topological polar surface area (TPSA) is 121 Å². The standard InChI is InChI=1S/C23H23N5O5/c1-27(23(30)31)13-7-9-28(11-13)12-16-18(32-2)6-5-15-20(29)19(33-21(15)16)10-17-14-4-3-8-24-22(14)26-25-17/h3-6,8,10,13H,7,9,11-12H2,1-2H3,(H,30,31)(H,24,25,26). The Morgan fingerprint density at radius 1 is 1.42 bits per heavy atom. The van der Waals surface area contributed by atoms with Gasteiger partial charge in [-0.1, -0.05) is 0 Å². The summed E-state index contributed by atoms with van der Waals surface area (Å²) < 4.78 is 11.6. The van der Waals surface area contributed by atoms with Crippen LogP contribution in [0, 0.1) is 0 Å². The molecule has 1 aromatic carbocycles. The van der Waals surface area contributed by atoms with E-state index >= 15 is 0 Å². The number of methoxy groups -OCH3 is 1. The third-order valence-electron chi connectivity index (χ3n) is 6.23. The molecule has 4 heterocycles. The highest BCUT2D eigenvalue weighted by atomic mass is 16.5. The molecule has 1 atom stereocenters. The van der Waals surface area contributed by atoms with Crippen LogP contribution in [0.15, 0.2) is 36.2 Å². The fraction of sp³-hybridized carbons (Fsp3) is 0.304. The van der Waals surface area contributed by atoms with Crippen molar-refractivity contribution < 1.29 is 24.2 Å². The predicted octanol–water partition coefficient (Wildman–Crippen LogP) is 2.77. The van der Waals surface area contributed by atoms with Crippen molar-refractivity contribution >= 4 is 29.0 Å². The molecule has 0 radical (unpaired) electrons. The zero-order chi connectivity index (χ0) is 23.1. The second-order valence-corrected chi connectivity index (χ2v) is 8.14. The lowest BCUT2D eigenvalue weighted by atomic mass is 10.0. The number of rotatable bonds is 5. The van der Waals surface area contributed by atoms with E-state index in [1.807, 2.05) is 6.07 Å². The van der Waals surface area contributed by atoms with E-state index in [1.165, 1.54) is 4.90 Å². The van der Waals surface area contributed by atoms with E-state index in [2.05, 4.69) is 20.1 Å². The molecule has 0 saturated carbocycles. The van der Waals surface area contributed by atoms with E-state index in [1.54, 1.807) is 44.6 Å². The molecular formula is C23H23N5O5. The van der Waals surface area contributed by atoms with Gasteiger partial charge in [-0.05, 0) is 30.7 Å². The summed E-state index contributed by atoms with van der Waals surface area (Å²) in [5.74, 6) is 1.05. The summed E-state index contributed by atoms with van der Waals surface area (Å²) in [5.41, 5.74) is 2.43. The Morgan fingerprint density at radius 2 is 2.27 bits per heavy atom. The van der Waals surface area contributed by atoms with Gasteiger partial charge < -0.3 is 19.5 Å². The van der Waals surface area contributed by atoms with E-state index < -0.39 is 6.09 Å². The van der Waals surface area contributed by atoms with Crippen LogP contribution in [0.1, 0.15) is 28.0 Å². The molecule has 170 valence electrons. The molecule has 0 spiro atoms. The minimum Gasteiger partial charge on any atom is -0.496 e. The summed E-state index contributed by atoms with van der Waals surface area (Å²) >= 11 is 0. The van der Waals surface area contributed by atoms with Gasteiger partial charge in [-0.25, -0.2) is 9.78 Å². The Labute approximate surface area is 189 Å². The van der Waals surface area contributed by atoms with Crippen molar-refractivity contribution in [3.05, 3.63) is 53.0 Å². The van der Waals surface area contributed by atoms with Gasteiger partial charge in [-0.15, -0.1) is 0 Å². The Balaban J connectivity index is 1.44. The number of likely N-dealkylation sites (tertiary alicyclic amines) is 1. The summed E-state index contributed by atoms with van der Waals surface area (Å²) in [6, 6.07) is 7.07. The first-order valence-corrected chi connectivity index (χ1v) is 10.6. The Kier molecular flexibility index (Phi) is 5.21. The number of ketones is 1. The average molecular weight is 449 g/mol. The molecule has 5 rings (SSSR count). The summed E-state index contributed by atoms with van der Waals surface area (Å²) in [4.78, 5) is 32.1. The van der Waals surface area contributed by atoms with Crippen LogP contribution >= 0.6 is 0 Å². The maximum Gasteiger partial charge on any atom is 0.407 e. The van der Waals surface area contributed by atoms with Gasteiger partial charge in [0.15, 0.2) is 11.4 Å². The number of ether oxygens (including phenoxy) is 2. The van der Waals surface area contributed by atoms with Crippen LogP contribution in [0.5, 0.6) is 11.5 Å². The number of fused-ring (bicyclic) bond motifs is 2. The second kappa shape index (κ2) is 8.21. The molecular weight excluding hydrogens is 426 g/mol. The largest absolute Gasteiger partial charge is 0.496 e. The molecule has 0 aliphatic carbocycles. The lowest BCUT2D eigenvalue weighted by Gasteiger charge is -2.23. The number of carbonyl (C=O) groups excluding carboxylic acids is 1. The minimum atomic E-state index is -0.940. The van der Waals surface area contributed by atoms with Crippen molar-refractivity contribution in [3.8, 4) is 11.5 Å². The normalized spacial score (nSPS) is 19.2. The first-order chi connectivity index (χ1) is 16.0. The zero-order valence-electron chi connectivity index (χ0n) is 18.2. The zero-order valence-corrected chi connectivity index (χ0v) is 18.2. The van der Waals surface area contributed by atoms with Crippen LogP contribution in [0.25, 0.3) is 17.1 Å². The fourth-order valence-electron chi connectivity index (χ4n) is 4.39. The van der Waals surface area contributed by atoms with Gasteiger partial charge in [-0.3, -0.25) is 14.8 Å². The monoisotopic (exact) mass is 449 g/mol. The molecule has 10 heteroatoms. The van der Waals surface area contributed by atoms with E-state index in [0.29, 0.717) is 41.5 Å². The van der Waals surface area contributed by atoms with Crippen molar-refractivity contribution in [1.29, 1.82) is 0 Å². The molecule has 3 aromatic rings. The van der Waals surface area contributed by atoms with E-state index in [0.717, 1.165) is 23.9 Å². The highest BCUT2D eigenvalue weighted by Gasteiger charge is 2.34. The molecule has 0 bridgehead atoms. The Morgan fingerprint density at radius 3 is 3.06 bits per heavy atom. The molecule has 1 saturated heterocycles. The molecule has 1 amide bonds. The Bertz CT molecular complexity index is 1280. The van der Waals surface area contributed by atoms with Crippen LogP contribution in [-0.2, 0) is 6.54 Å². The highest BCUT2D eigenvalue weighted by Crippen LogP contribution is 2.41. The summed E-state index contributed by atoms with van der Waals surface area (Å²) in [6.07, 6.45) is 3.09. The molecule has 2 aliphatic heterocycles. The van der Waals surface area contributed by atoms with E-state index in [9.17, 15) is 14.7 Å². The lowest BCUT2D eigenvalue weighted by Crippen LogP contribution is -2.37. The maximum atomic E-state index is 13.1. The van der Waals surface area contributed by atoms with Crippen LogP contribution in [-0.4, -0.2) is 75.3 Å². The smallest absolute Gasteiger partial charge is 0.407 e. The van der Waals surface area contributed by atoms with Crippen LogP contribution < -0.4 is 9.47 Å². The number of hydrogen-bond acceptors (Lipinski definition) is 7. The molecule has 2 aromatic heterocycles. The number of amides is 1. The molecule has 1 unspecified atom stereocenters. The third-order valence-corrected chi connectivity index (χ3v) is 6.23. The summed E-state index contributed by atoms with van der Waals surface area (Å²) in [6.45, 7) is 1.81. The van der Waals surface area contributed by atoms with Gasteiger partial charge in [0.1, 0.15) is 11.5 Å². The molecule has 33 heavy (non-hydrogen) atoms. The van der Waals surface area contributed by atoms with Gasteiger partial charge in [0, 0.05) is 50.4 Å². The minimum absolute atomic E-state index is 0.0789. The number of nitrogens with one attached hydrogen (secondary N) is 1. The fourth-order valence-corrected chi connectivity index (χ4v) is 4.39. The quantitative estimate of drug-likeness (QED) is 0.571. The number of benzene rings is 1. The first kappa shape index (κ1) is 21.0. The van der Waals surface area contributed by atoms with Gasteiger partial charge in [-0.2, -0.15) is 5.10 Å². The van der Waals surface area contributed by atoms with Crippen molar-refractivity contribution in [1.82, 2.24) is 25.0 Å². The molecule has 1 fully saturated rings. The number of hydrogen-bond donors (Lipinski definition) is 2. The number of carbonyl (C=O) groups is 2. The highest BCUT2D eigenvalue weighted by molar-refractivity contribution is 6.15. The Hall–Kier alpha value is -3.92. The number of aromatic amines is 1. The number of carboxylic acid groups (broad SMARTS) is 1. The van der Waals surface area contributed by atoms with Gasteiger partial charge in [0.05, 0.1) is 23.9 Å². The van der Waals surface area contributed by atoms with Crippen molar-refractivity contribution in [2.75, 3.05) is 27.2 Å². The SMILES string of the molecule is COc1ccc2c(c1CN1CCC(N(C)C(=O)O)C1)OC(=Cc1n[nH]c3ncccc13)C2=O. The number of pyridine rings is 1. The first-order valence-electron chi connectivity index (χ1n) is 10.6. The predicted molar refractivity (Wildman–Crippen MR) is 119 cm³/mol. The van der Waals surface area contributed by atoms with Gasteiger partial charge in [0.2, 0.25) is 5.78 Å². The number of likely N-dealkylation sites (N-methyl/N-ethyl adjacent to an activating group) is 1. The van der Waals surface area contributed by atoms with Gasteiger partial charge in [0.25, 0.3) is 0 Å². The summed E-state index contributed by atoms with van der Waals surface area (Å²) in [5, 5.41) is 17.2. The number of H-pyrrole nitrogens is 1. The number of aromatic nitrogens is 3. The number of allylic oxidation sites excluding steroid dienone is 1. The third kappa shape index (κ3) is 3.68. The second-order valence-electron chi connectivity index (χ2n) is 8.14. The lowest BCUT2D eigenvalue weighted by molar-refractivity contribution is 0.101. The van der Waals surface area contributed by atoms with Crippen LogP contribution in [0.3, 0.4) is 0 Å². The van der Waals surface area contributed by atoms with E-state index in [-0.39, 0.29) is 17.6 Å². The average Bonchev–Trinajstić information content (AvgIpc) is 3.53. The molecule has 2 N–H and O–H groups in total. The van der Waals surface area contributed by atoms with Crippen LogP contribution in [0.2, 0.25) is 0 Å². The van der Waals surface area contributed by atoms with Crippen molar-refractivity contribution in [3.63, 3.8) is 0 Å². The molecule has 10 nitrogen and oxygen atoms in total. The van der Waals surface area contributed by atoms with Crippen molar-refractivity contribution in [2.45, 2.75) is 19.0 Å².